The van der Waals surface area contributed by atoms with Crippen LogP contribution in [0.5, 0.6) is 5.75 Å². The van der Waals surface area contributed by atoms with E-state index in [1.165, 1.54) is 50.5 Å². The highest BCUT2D eigenvalue weighted by Crippen LogP contribution is 2.67. The van der Waals surface area contributed by atoms with Crippen molar-refractivity contribution in [3.8, 4) is 5.75 Å². The fourth-order valence-corrected chi connectivity index (χ4v) is 10.8. The fourth-order valence-electron chi connectivity index (χ4n) is 10.8. The van der Waals surface area contributed by atoms with Crippen molar-refractivity contribution < 1.29 is 36.6 Å². The lowest BCUT2D eigenvalue weighted by atomic mass is 9.47. The molecule has 0 saturated heterocycles. The number of carbonyl (C=O) groups excluding carboxylic acids is 2. The first-order chi connectivity index (χ1) is 22.7. The second kappa shape index (κ2) is 13.6. The Hall–Kier alpha value is -2.64. The van der Waals surface area contributed by atoms with Gasteiger partial charge in [0.2, 0.25) is 17.4 Å². The quantitative estimate of drug-likeness (QED) is 0.113. The first-order valence-corrected chi connectivity index (χ1v) is 18.4. The van der Waals surface area contributed by atoms with Gasteiger partial charge in [0.1, 0.15) is 17.4 Å². The summed E-state index contributed by atoms with van der Waals surface area (Å²) >= 11 is 0. The molecule has 3 fully saturated rings. The van der Waals surface area contributed by atoms with E-state index < -0.39 is 46.7 Å². The lowest BCUT2D eigenvalue weighted by molar-refractivity contribution is -0.115. The van der Waals surface area contributed by atoms with E-state index in [2.05, 4.69) is 40.7 Å². The lowest BCUT2D eigenvalue weighted by Gasteiger charge is -2.58. The molecule has 0 aromatic heterocycles. The highest BCUT2D eigenvalue weighted by Gasteiger charge is 2.59. The summed E-state index contributed by atoms with van der Waals surface area (Å²) in [5.74, 6) is -6.40. The van der Waals surface area contributed by atoms with Crippen molar-refractivity contribution in [2.45, 2.75) is 131 Å². The largest absolute Gasteiger partial charge is 0.458 e. The minimum atomic E-state index is -1.87. The van der Waals surface area contributed by atoms with Gasteiger partial charge >= 0.3 is 5.97 Å². The molecule has 0 bridgehead atoms. The van der Waals surface area contributed by atoms with Gasteiger partial charge in [0.05, 0.1) is 0 Å². The highest BCUT2D eigenvalue weighted by atomic mass is 19.2. The van der Waals surface area contributed by atoms with Gasteiger partial charge in [-0.15, -0.1) is 0 Å². The summed E-state index contributed by atoms with van der Waals surface area (Å²) < 4.78 is 70.8. The Morgan fingerprint density at radius 2 is 1.65 bits per heavy atom. The molecule has 264 valence electrons. The second-order valence-corrected chi connectivity index (χ2v) is 16.6. The molecular weight excluding hydrogens is 620 g/mol. The van der Waals surface area contributed by atoms with E-state index in [1.54, 1.807) is 0 Å². The zero-order valence-corrected chi connectivity index (χ0v) is 29.2. The molecule has 0 aliphatic heterocycles. The minimum Gasteiger partial charge on any atom is -0.458 e. The number of halogens is 4. The average molecular weight is 673 g/mol. The first kappa shape index (κ1) is 35.2. The SMILES string of the molecule is CC(C)CCC[C@@H](C)[C@H]1CC[C@H]2[C@@H]3CC=C4C[C@@H](OC(=O)c5c(F)c(F)c(OC6=CC(=O)CCC6)c(F)c5F)CC[C@]4(C)[C@H]3CC[C@]12C. The average Bonchev–Trinajstić information content (AvgIpc) is 3.39. The van der Waals surface area contributed by atoms with E-state index in [9.17, 15) is 18.4 Å². The van der Waals surface area contributed by atoms with Crippen molar-refractivity contribution in [1.82, 2.24) is 0 Å². The summed E-state index contributed by atoms with van der Waals surface area (Å²) in [4.78, 5) is 24.7. The zero-order valence-electron chi connectivity index (χ0n) is 29.2. The van der Waals surface area contributed by atoms with Gasteiger partial charge in [0.15, 0.2) is 17.4 Å². The highest BCUT2D eigenvalue weighted by molar-refractivity contribution is 5.91. The molecule has 0 unspecified atom stereocenters. The molecule has 0 amide bonds. The van der Waals surface area contributed by atoms with Crippen molar-refractivity contribution in [3.63, 3.8) is 0 Å². The maximum absolute atomic E-state index is 15.1. The predicted molar refractivity (Wildman–Crippen MR) is 176 cm³/mol. The standard InChI is InChI=1S/C40H52F4O4/c1-22(2)8-6-9-23(3)29-14-15-30-28-13-12-24-20-27(16-18-39(24,4)31(28)17-19-40(29,30)5)48-38(46)32-33(41)35(43)37(36(44)34(32)42)47-26-11-7-10-25(45)21-26/h12,21-23,27-31H,6-11,13-20H2,1-5H3/t23-,27+,28+,29-,30+,31+,39+,40-/m1/s1. The molecule has 5 aliphatic carbocycles. The molecule has 8 atom stereocenters. The van der Waals surface area contributed by atoms with E-state index in [0.717, 1.165) is 36.7 Å². The summed E-state index contributed by atoms with van der Waals surface area (Å²) in [7, 11) is 0. The number of benzene rings is 1. The molecular formula is C40H52F4O4. The van der Waals surface area contributed by atoms with E-state index in [-0.39, 0.29) is 29.8 Å². The molecule has 5 aliphatic rings. The maximum Gasteiger partial charge on any atom is 0.344 e. The molecule has 3 saturated carbocycles. The Labute approximate surface area is 283 Å². The molecule has 4 nitrogen and oxygen atoms in total. The summed E-state index contributed by atoms with van der Waals surface area (Å²) in [6.45, 7) is 12.0. The van der Waals surface area contributed by atoms with Gasteiger partial charge in [-0.1, -0.05) is 65.5 Å². The summed E-state index contributed by atoms with van der Waals surface area (Å²) in [5, 5.41) is 0. The van der Waals surface area contributed by atoms with E-state index in [4.69, 9.17) is 9.47 Å². The van der Waals surface area contributed by atoms with Crippen LogP contribution in [-0.2, 0) is 9.53 Å². The number of carbonyl (C=O) groups is 2. The van der Waals surface area contributed by atoms with Gasteiger partial charge in [0, 0.05) is 25.3 Å². The van der Waals surface area contributed by atoms with Crippen LogP contribution in [-0.4, -0.2) is 17.9 Å². The third-order valence-corrected chi connectivity index (χ3v) is 13.4. The topological polar surface area (TPSA) is 52.6 Å². The predicted octanol–water partition coefficient (Wildman–Crippen LogP) is 10.8. The van der Waals surface area contributed by atoms with Crippen LogP contribution in [0, 0.1) is 69.6 Å². The Morgan fingerprint density at radius 3 is 2.33 bits per heavy atom. The van der Waals surface area contributed by atoms with Crippen molar-refractivity contribution in [1.29, 1.82) is 0 Å². The van der Waals surface area contributed by atoms with Gasteiger partial charge in [-0.25, -0.2) is 13.6 Å². The molecule has 1 aromatic carbocycles. The monoisotopic (exact) mass is 672 g/mol. The minimum absolute atomic E-state index is 0.0307. The fraction of sp³-hybridized carbons (Fsp3) is 0.700. The Kier molecular flexibility index (Phi) is 9.96. The van der Waals surface area contributed by atoms with E-state index >= 15 is 8.78 Å². The van der Waals surface area contributed by atoms with Gasteiger partial charge < -0.3 is 9.47 Å². The normalized spacial score (nSPS) is 33.7. The molecule has 0 N–H and O–H groups in total. The van der Waals surface area contributed by atoms with Crippen LogP contribution in [0.4, 0.5) is 17.6 Å². The number of hydrogen-bond acceptors (Lipinski definition) is 4. The molecule has 0 radical (unpaired) electrons. The Balaban J connectivity index is 1.13. The maximum atomic E-state index is 15.1. The molecule has 0 heterocycles. The van der Waals surface area contributed by atoms with Crippen LogP contribution >= 0.6 is 0 Å². The number of ether oxygens (including phenoxy) is 2. The molecule has 0 spiro atoms. The van der Waals surface area contributed by atoms with E-state index in [1.807, 2.05) is 0 Å². The smallest absolute Gasteiger partial charge is 0.344 e. The lowest BCUT2D eigenvalue weighted by Crippen LogP contribution is -2.51. The van der Waals surface area contributed by atoms with Crippen LogP contribution in [0.25, 0.3) is 0 Å². The Morgan fingerprint density at radius 1 is 0.917 bits per heavy atom. The third kappa shape index (κ3) is 6.27. The summed E-state index contributed by atoms with van der Waals surface area (Å²) in [6.07, 6.45) is 15.3. The number of rotatable bonds is 9. The molecule has 8 heteroatoms. The van der Waals surface area contributed by atoms with Crippen molar-refractivity contribution in [2.75, 3.05) is 0 Å². The first-order valence-electron chi connectivity index (χ1n) is 18.4. The van der Waals surface area contributed by atoms with E-state index in [0.29, 0.717) is 42.4 Å². The van der Waals surface area contributed by atoms with Crippen LogP contribution in [0.3, 0.4) is 0 Å². The second-order valence-electron chi connectivity index (χ2n) is 16.6. The van der Waals surface area contributed by atoms with Crippen LogP contribution in [0.2, 0.25) is 0 Å². The third-order valence-electron chi connectivity index (χ3n) is 13.4. The van der Waals surface area contributed by atoms with Gasteiger partial charge in [-0.05, 0) is 97.7 Å². The summed E-state index contributed by atoms with van der Waals surface area (Å²) in [6, 6.07) is 0. The molecule has 1 aromatic rings. The van der Waals surface area contributed by atoms with Crippen LogP contribution in [0.15, 0.2) is 23.5 Å². The van der Waals surface area contributed by atoms with Crippen molar-refractivity contribution >= 4 is 11.8 Å². The number of allylic oxidation sites excluding steroid dienone is 3. The van der Waals surface area contributed by atoms with Crippen LogP contribution < -0.4 is 4.74 Å². The molecule has 6 rings (SSSR count). The van der Waals surface area contributed by atoms with Crippen molar-refractivity contribution in [3.05, 3.63) is 52.3 Å². The number of fused-ring (bicyclic) bond motifs is 5. The zero-order chi connectivity index (χ0) is 34.5. The van der Waals surface area contributed by atoms with Gasteiger partial charge in [-0.2, -0.15) is 8.78 Å². The number of hydrogen-bond donors (Lipinski definition) is 0. The van der Waals surface area contributed by atoms with Gasteiger partial charge in [0.25, 0.3) is 0 Å². The Bertz CT molecular complexity index is 1470. The van der Waals surface area contributed by atoms with Gasteiger partial charge in [-0.3, -0.25) is 4.79 Å². The number of esters is 1. The molecule has 48 heavy (non-hydrogen) atoms. The van der Waals surface area contributed by atoms with Crippen molar-refractivity contribution in [2.24, 2.45) is 46.3 Å². The number of ketones is 1. The van der Waals surface area contributed by atoms with Crippen LogP contribution in [0.1, 0.15) is 135 Å². The summed E-state index contributed by atoms with van der Waals surface area (Å²) in [5.41, 5.74) is 0.164.